The van der Waals surface area contributed by atoms with E-state index in [1.165, 1.54) is 12.4 Å². The minimum Gasteiger partial charge on any atom is -0.383 e. The van der Waals surface area contributed by atoms with Gasteiger partial charge in [-0.2, -0.15) is 0 Å². The van der Waals surface area contributed by atoms with Crippen LogP contribution in [0.5, 0.6) is 0 Å². The van der Waals surface area contributed by atoms with Crippen LogP contribution in [0.25, 0.3) is 22.1 Å². The maximum Gasteiger partial charge on any atom is 0.147 e. The van der Waals surface area contributed by atoms with Crippen LogP contribution in [0.15, 0.2) is 31.0 Å². The number of nitrogens with two attached hydrogens (primary N) is 1. The van der Waals surface area contributed by atoms with E-state index in [0.717, 1.165) is 0 Å². The van der Waals surface area contributed by atoms with E-state index in [1.54, 1.807) is 17.0 Å². The zero-order valence-corrected chi connectivity index (χ0v) is 16.2. The molecule has 7 nitrogen and oxygen atoms in total. The van der Waals surface area contributed by atoms with Crippen molar-refractivity contribution in [3.63, 3.8) is 0 Å². The third-order valence-corrected chi connectivity index (χ3v) is 5.56. The molecule has 4 aromatic rings. The van der Waals surface area contributed by atoms with Gasteiger partial charge in [0.05, 0.1) is 33.9 Å². The van der Waals surface area contributed by atoms with Crippen LogP contribution < -0.4 is 11.1 Å². The second-order valence-corrected chi connectivity index (χ2v) is 7.48. The molecule has 0 spiro atoms. The second-order valence-electron chi connectivity index (χ2n) is 7.48. The lowest BCUT2D eigenvalue weighted by atomic mass is 10.1. The molecule has 1 saturated heterocycles. The van der Waals surface area contributed by atoms with Crippen LogP contribution in [0.2, 0.25) is 0 Å². The lowest BCUT2D eigenvalue weighted by molar-refractivity contribution is 0.398. The topological polar surface area (TPSA) is 86.6 Å². The van der Waals surface area contributed by atoms with Crippen LogP contribution in [-0.2, 0) is 7.05 Å². The smallest absolute Gasteiger partial charge is 0.147 e. The number of aromatic nitrogens is 5. The first kappa shape index (κ1) is 18.5. The third-order valence-electron chi connectivity index (χ3n) is 5.56. The Bertz CT molecular complexity index is 1330. The van der Waals surface area contributed by atoms with Crippen molar-refractivity contribution in [3.8, 4) is 11.8 Å². The van der Waals surface area contributed by atoms with Gasteiger partial charge in [0.1, 0.15) is 30.3 Å². The van der Waals surface area contributed by atoms with Crippen molar-refractivity contribution in [2.24, 2.45) is 7.05 Å². The van der Waals surface area contributed by atoms with Gasteiger partial charge in [-0.25, -0.2) is 23.7 Å². The molecule has 152 valence electrons. The number of hydrogen-bond donors (Lipinski definition) is 2. The molecule has 1 aliphatic rings. The summed E-state index contributed by atoms with van der Waals surface area (Å²) in [5.74, 6) is 5.81. The Morgan fingerprint density at radius 2 is 2.07 bits per heavy atom. The van der Waals surface area contributed by atoms with E-state index in [9.17, 15) is 8.78 Å². The Kier molecular flexibility index (Phi) is 4.37. The summed E-state index contributed by atoms with van der Waals surface area (Å²) in [6.45, 7) is 0.203. The highest BCUT2D eigenvalue weighted by Crippen LogP contribution is 2.30. The predicted octanol–water partition coefficient (Wildman–Crippen LogP) is 2.31. The summed E-state index contributed by atoms with van der Waals surface area (Å²) in [5.41, 5.74) is 8.96. The first-order valence-electron chi connectivity index (χ1n) is 9.58. The van der Waals surface area contributed by atoms with Crippen LogP contribution in [-0.4, -0.2) is 43.3 Å². The highest BCUT2D eigenvalue weighted by molar-refractivity contribution is 5.92. The molecule has 30 heavy (non-hydrogen) atoms. The number of rotatable bonds is 2. The summed E-state index contributed by atoms with van der Waals surface area (Å²) in [6, 6.07) is 2.90. The van der Waals surface area contributed by atoms with E-state index in [4.69, 9.17) is 5.73 Å². The van der Waals surface area contributed by atoms with Crippen LogP contribution in [0.4, 0.5) is 14.6 Å². The predicted molar refractivity (Wildman–Crippen MR) is 110 cm³/mol. The van der Waals surface area contributed by atoms with Gasteiger partial charge in [-0.1, -0.05) is 11.8 Å². The molecule has 0 radical (unpaired) electrons. The van der Waals surface area contributed by atoms with E-state index in [2.05, 4.69) is 32.1 Å². The van der Waals surface area contributed by atoms with Crippen LogP contribution in [0, 0.1) is 17.7 Å². The minimum atomic E-state index is -0.422. The molecule has 0 amide bonds. The number of alkyl halides is 1. The Hall–Kier alpha value is -3.51. The van der Waals surface area contributed by atoms with Crippen molar-refractivity contribution in [2.45, 2.75) is 18.5 Å². The molecule has 0 saturated carbocycles. The number of imidazole rings is 1. The largest absolute Gasteiger partial charge is 0.383 e. The number of aryl methyl sites for hydroxylation is 1. The normalized spacial score (nSPS) is 18.8. The Balaban J connectivity index is 1.60. The first-order chi connectivity index (χ1) is 14.5. The molecule has 3 N–H and O–H groups in total. The molecule has 3 aromatic heterocycles. The van der Waals surface area contributed by atoms with E-state index in [-0.39, 0.29) is 17.6 Å². The lowest BCUT2D eigenvalue weighted by Crippen LogP contribution is -2.22. The lowest BCUT2D eigenvalue weighted by Gasteiger charge is -2.12. The Morgan fingerprint density at radius 3 is 2.87 bits per heavy atom. The molecule has 5 rings (SSSR count). The molecule has 9 heteroatoms. The van der Waals surface area contributed by atoms with Gasteiger partial charge in [0, 0.05) is 37.9 Å². The van der Waals surface area contributed by atoms with E-state index < -0.39 is 12.5 Å². The quantitative estimate of drug-likeness (QED) is 0.498. The van der Waals surface area contributed by atoms with Crippen molar-refractivity contribution in [1.29, 1.82) is 0 Å². The van der Waals surface area contributed by atoms with E-state index in [1.807, 2.05) is 17.8 Å². The van der Waals surface area contributed by atoms with E-state index >= 15 is 0 Å². The maximum atomic E-state index is 14.6. The fourth-order valence-electron chi connectivity index (χ4n) is 3.99. The van der Waals surface area contributed by atoms with Crippen molar-refractivity contribution in [2.75, 3.05) is 19.0 Å². The molecule has 1 aromatic carbocycles. The summed E-state index contributed by atoms with van der Waals surface area (Å²) < 4.78 is 31.3. The molecular weight excluding hydrogens is 388 g/mol. The van der Waals surface area contributed by atoms with Gasteiger partial charge < -0.3 is 20.2 Å². The summed E-state index contributed by atoms with van der Waals surface area (Å²) in [6.07, 6.45) is 5.51. The maximum absolute atomic E-state index is 14.6. The number of nitrogens with one attached hydrogen (secondary N) is 1. The minimum absolute atomic E-state index is 0.0275. The Labute approximate surface area is 170 Å². The molecule has 4 heterocycles. The number of hydrogen-bond acceptors (Lipinski definition) is 5. The Morgan fingerprint density at radius 1 is 1.23 bits per heavy atom. The fourth-order valence-corrected chi connectivity index (χ4v) is 3.99. The number of benzene rings is 1. The molecule has 2 atom stereocenters. The monoisotopic (exact) mass is 407 g/mol. The summed E-state index contributed by atoms with van der Waals surface area (Å²) in [5, 5.41) is 3.78. The van der Waals surface area contributed by atoms with Crippen molar-refractivity contribution in [1.82, 2.24) is 29.4 Å². The zero-order valence-electron chi connectivity index (χ0n) is 16.2. The van der Waals surface area contributed by atoms with Gasteiger partial charge >= 0.3 is 0 Å². The second kappa shape index (κ2) is 7.07. The first-order valence-corrected chi connectivity index (χ1v) is 9.58. The van der Waals surface area contributed by atoms with Gasteiger partial charge in [0.15, 0.2) is 0 Å². The summed E-state index contributed by atoms with van der Waals surface area (Å²) in [4.78, 5) is 12.7. The van der Waals surface area contributed by atoms with Gasteiger partial charge in [-0.05, 0) is 12.5 Å². The highest BCUT2D eigenvalue weighted by atomic mass is 19.1. The number of fused-ring (bicyclic) bond motifs is 2. The number of nitrogen functional groups attached to an aromatic ring is 1. The molecule has 1 fully saturated rings. The molecule has 0 unspecified atom stereocenters. The van der Waals surface area contributed by atoms with Crippen LogP contribution >= 0.6 is 0 Å². The van der Waals surface area contributed by atoms with E-state index in [0.29, 0.717) is 46.4 Å². The SMILES string of the molecule is Cn1cnc2cc(C#Cc3cn([C@@H]4CN[C@@H](CF)C4)c4ncnc(N)c34)c(F)cc21. The van der Waals surface area contributed by atoms with Gasteiger partial charge in [-0.15, -0.1) is 0 Å². The zero-order chi connectivity index (χ0) is 20.8. The molecular formula is C21H19F2N7. The third kappa shape index (κ3) is 2.97. The van der Waals surface area contributed by atoms with Crippen molar-refractivity contribution >= 4 is 27.9 Å². The van der Waals surface area contributed by atoms with Crippen molar-refractivity contribution < 1.29 is 8.78 Å². The number of anilines is 1. The van der Waals surface area contributed by atoms with Gasteiger partial charge in [0.25, 0.3) is 0 Å². The molecule has 0 aliphatic carbocycles. The van der Waals surface area contributed by atoms with Crippen molar-refractivity contribution in [3.05, 3.63) is 47.9 Å². The highest BCUT2D eigenvalue weighted by Gasteiger charge is 2.27. The van der Waals surface area contributed by atoms with Gasteiger partial charge in [-0.3, -0.25) is 0 Å². The number of nitrogens with zero attached hydrogens (tertiary/aromatic N) is 5. The summed E-state index contributed by atoms with van der Waals surface area (Å²) in [7, 11) is 1.81. The van der Waals surface area contributed by atoms with Crippen LogP contribution in [0.3, 0.4) is 0 Å². The molecule has 0 bridgehead atoms. The standard InChI is InChI=1S/C21H19F2N7/c1-29-11-28-17-4-12(16(23)6-18(17)29)2-3-13-9-30(15-5-14(7-22)25-8-15)21-19(13)20(24)26-10-27-21/h4,6,9-11,14-15,25H,5,7-8H2,1H3,(H2,24,26,27)/t14-,15+/m1/s1. The van der Waals surface area contributed by atoms with Crippen LogP contribution in [0.1, 0.15) is 23.6 Å². The van der Waals surface area contributed by atoms with Gasteiger partial charge in [0.2, 0.25) is 0 Å². The molecule has 1 aliphatic heterocycles. The summed E-state index contributed by atoms with van der Waals surface area (Å²) >= 11 is 0. The average Bonchev–Trinajstić information content (AvgIpc) is 3.44. The average molecular weight is 407 g/mol. The fraction of sp³-hybridized carbons (Fsp3) is 0.286. The number of halogens is 2.